The fourth-order valence-corrected chi connectivity index (χ4v) is 3.26. The molecule has 1 aromatic carbocycles. The highest BCUT2D eigenvalue weighted by atomic mass is 16.5. The Labute approximate surface area is 154 Å². The Hall–Kier alpha value is -3.22. The number of carbonyl (C=O) groups excluding carboxylic acids is 1. The van der Waals surface area contributed by atoms with Crippen molar-refractivity contribution in [1.29, 1.82) is 0 Å². The molecule has 3 aromatic rings. The maximum absolute atomic E-state index is 13.1. The zero-order valence-corrected chi connectivity index (χ0v) is 15.1. The van der Waals surface area contributed by atoms with Gasteiger partial charge in [-0.2, -0.15) is 0 Å². The summed E-state index contributed by atoms with van der Waals surface area (Å²) in [6.45, 7) is 0.118. The van der Waals surface area contributed by atoms with Crippen LogP contribution in [0.25, 0.3) is 11.0 Å². The molecular formula is C20H19N3O4. The first-order valence-corrected chi connectivity index (χ1v) is 8.78. The number of rotatable bonds is 4. The third kappa shape index (κ3) is 2.95. The molecule has 0 saturated heterocycles. The average molecular weight is 365 g/mol. The molecule has 1 saturated carbocycles. The minimum atomic E-state index is -0.605. The zero-order valence-electron chi connectivity index (χ0n) is 15.1. The lowest BCUT2D eigenvalue weighted by Crippen LogP contribution is -2.40. The quantitative estimate of drug-likeness (QED) is 0.659. The maximum atomic E-state index is 13.1. The minimum absolute atomic E-state index is 0.115. The number of hydrogen-bond acceptors (Lipinski definition) is 5. The molecular weight excluding hydrogens is 346 g/mol. The minimum Gasteiger partial charge on any atom is -0.465 e. The van der Waals surface area contributed by atoms with Gasteiger partial charge in [-0.1, -0.05) is 30.3 Å². The Kier molecular flexibility index (Phi) is 4.14. The van der Waals surface area contributed by atoms with Gasteiger partial charge in [0, 0.05) is 18.7 Å². The Morgan fingerprint density at radius 1 is 1.22 bits per heavy atom. The van der Waals surface area contributed by atoms with E-state index in [1.807, 2.05) is 30.3 Å². The van der Waals surface area contributed by atoms with Crippen molar-refractivity contribution in [3.8, 4) is 0 Å². The van der Waals surface area contributed by atoms with Gasteiger partial charge in [-0.3, -0.25) is 13.9 Å². The largest absolute Gasteiger partial charge is 0.465 e. The summed E-state index contributed by atoms with van der Waals surface area (Å²) in [4.78, 5) is 42.9. The Balaban J connectivity index is 2.02. The molecule has 0 radical (unpaired) electrons. The molecule has 7 nitrogen and oxygen atoms in total. The first kappa shape index (κ1) is 17.2. The van der Waals surface area contributed by atoms with Gasteiger partial charge in [0.25, 0.3) is 5.56 Å². The number of aryl methyl sites for hydroxylation is 1. The van der Waals surface area contributed by atoms with Crippen LogP contribution in [-0.4, -0.2) is 27.2 Å². The SMILES string of the molecule is COC(=O)c1cc(C2CC2)nc2c1c(=O)n(Cc1ccccc1)c(=O)n2C. The highest BCUT2D eigenvalue weighted by molar-refractivity contribution is 6.02. The molecule has 0 spiro atoms. The third-order valence-electron chi connectivity index (χ3n) is 4.90. The van der Waals surface area contributed by atoms with Crippen molar-refractivity contribution in [2.45, 2.75) is 25.3 Å². The van der Waals surface area contributed by atoms with Crippen molar-refractivity contribution >= 4 is 17.0 Å². The highest BCUT2D eigenvalue weighted by Gasteiger charge is 2.29. The molecule has 0 unspecified atom stereocenters. The molecule has 0 atom stereocenters. The summed E-state index contributed by atoms with van der Waals surface area (Å²) >= 11 is 0. The molecule has 138 valence electrons. The summed E-state index contributed by atoms with van der Waals surface area (Å²) in [5.74, 6) is -0.342. The topological polar surface area (TPSA) is 83.2 Å². The second kappa shape index (κ2) is 6.50. The van der Waals surface area contributed by atoms with E-state index in [-0.39, 0.29) is 29.1 Å². The lowest BCUT2D eigenvalue weighted by atomic mass is 10.1. The predicted octanol–water partition coefficient (Wildman–Crippen LogP) is 1.81. The van der Waals surface area contributed by atoms with Gasteiger partial charge in [-0.05, 0) is 24.5 Å². The molecule has 0 bridgehead atoms. The Morgan fingerprint density at radius 2 is 1.93 bits per heavy atom. The molecule has 0 amide bonds. The summed E-state index contributed by atoms with van der Waals surface area (Å²) in [7, 11) is 2.84. The van der Waals surface area contributed by atoms with Crippen molar-refractivity contribution < 1.29 is 9.53 Å². The van der Waals surface area contributed by atoms with Crippen molar-refractivity contribution in [3.63, 3.8) is 0 Å². The van der Waals surface area contributed by atoms with Gasteiger partial charge in [-0.25, -0.2) is 14.6 Å². The van der Waals surface area contributed by atoms with Crippen LogP contribution < -0.4 is 11.2 Å². The second-order valence-corrected chi connectivity index (χ2v) is 6.78. The number of ether oxygens (including phenoxy) is 1. The Bertz CT molecular complexity index is 1160. The molecule has 4 rings (SSSR count). The monoisotopic (exact) mass is 365 g/mol. The summed E-state index contributed by atoms with van der Waals surface area (Å²) in [6.07, 6.45) is 1.97. The number of aromatic nitrogens is 3. The lowest BCUT2D eigenvalue weighted by Gasteiger charge is -2.13. The number of methoxy groups -OCH3 is 1. The van der Waals surface area contributed by atoms with Crippen LogP contribution in [0.15, 0.2) is 46.0 Å². The number of carbonyl (C=O) groups is 1. The van der Waals surface area contributed by atoms with E-state index in [0.29, 0.717) is 0 Å². The number of pyridine rings is 1. The van der Waals surface area contributed by atoms with E-state index in [9.17, 15) is 14.4 Å². The van der Waals surface area contributed by atoms with Gasteiger partial charge in [0.2, 0.25) is 0 Å². The van der Waals surface area contributed by atoms with Crippen molar-refractivity contribution in [2.75, 3.05) is 7.11 Å². The fourth-order valence-electron chi connectivity index (χ4n) is 3.26. The molecule has 1 aliphatic rings. The van der Waals surface area contributed by atoms with Crippen molar-refractivity contribution in [2.24, 2.45) is 7.05 Å². The van der Waals surface area contributed by atoms with E-state index >= 15 is 0 Å². The third-order valence-corrected chi connectivity index (χ3v) is 4.90. The van der Waals surface area contributed by atoms with Crippen LogP contribution in [0.4, 0.5) is 0 Å². The van der Waals surface area contributed by atoms with E-state index < -0.39 is 17.2 Å². The molecule has 2 heterocycles. The van der Waals surface area contributed by atoms with Crippen LogP contribution in [0.1, 0.15) is 40.4 Å². The molecule has 0 N–H and O–H groups in total. The van der Waals surface area contributed by atoms with Crippen LogP contribution >= 0.6 is 0 Å². The number of hydrogen-bond donors (Lipinski definition) is 0. The van der Waals surface area contributed by atoms with Crippen LogP contribution in [0.5, 0.6) is 0 Å². The summed E-state index contributed by atoms with van der Waals surface area (Å²) in [6, 6.07) is 10.9. The first-order valence-electron chi connectivity index (χ1n) is 8.78. The normalized spacial score (nSPS) is 13.7. The van der Waals surface area contributed by atoms with Crippen LogP contribution in [-0.2, 0) is 18.3 Å². The van der Waals surface area contributed by atoms with Crippen LogP contribution in [0, 0.1) is 0 Å². The molecule has 0 aliphatic heterocycles. The zero-order chi connectivity index (χ0) is 19.1. The van der Waals surface area contributed by atoms with Crippen LogP contribution in [0.3, 0.4) is 0 Å². The molecule has 7 heteroatoms. The van der Waals surface area contributed by atoms with E-state index in [2.05, 4.69) is 4.98 Å². The van der Waals surface area contributed by atoms with Crippen molar-refractivity contribution in [3.05, 3.63) is 74.1 Å². The van der Waals surface area contributed by atoms with Crippen molar-refractivity contribution in [1.82, 2.24) is 14.1 Å². The number of esters is 1. The molecule has 1 fully saturated rings. The summed E-state index contributed by atoms with van der Waals surface area (Å²) in [5.41, 5.74) is 0.919. The maximum Gasteiger partial charge on any atom is 0.338 e. The van der Waals surface area contributed by atoms with E-state index in [1.165, 1.54) is 11.7 Å². The van der Waals surface area contributed by atoms with Gasteiger partial charge in [-0.15, -0.1) is 0 Å². The van der Waals surface area contributed by atoms with Crippen LogP contribution in [0.2, 0.25) is 0 Å². The summed E-state index contributed by atoms with van der Waals surface area (Å²) in [5, 5.41) is 0.115. The number of nitrogens with zero attached hydrogens (tertiary/aromatic N) is 3. The standard InChI is InChI=1S/C20H19N3O4/c1-22-17-16(14(19(25)27-2)10-15(21-17)13-8-9-13)18(24)23(20(22)26)11-12-6-4-3-5-7-12/h3-7,10,13H,8-9,11H2,1-2H3. The molecule has 2 aromatic heterocycles. The lowest BCUT2D eigenvalue weighted by molar-refractivity contribution is 0.0602. The fraction of sp³-hybridized carbons (Fsp3) is 0.300. The second-order valence-electron chi connectivity index (χ2n) is 6.78. The van der Waals surface area contributed by atoms with E-state index in [0.717, 1.165) is 28.7 Å². The van der Waals surface area contributed by atoms with E-state index in [1.54, 1.807) is 13.1 Å². The molecule has 27 heavy (non-hydrogen) atoms. The van der Waals surface area contributed by atoms with Gasteiger partial charge in [0.05, 0.1) is 24.6 Å². The number of benzene rings is 1. The van der Waals surface area contributed by atoms with Gasteiger partial charge < -0.3 is 4.74 Å². The average Bonchev–Trinajstić information content (AvgIpc) is 3.54. The van der Waals surface area contributed by atoms with Gasteiger partial charge >= 0.3 is 11.7 Å². The Morgan fingerprint density at radius 3 is 2.56 bits per heavy atom. The number of fused-ring (bicyclic) bond motifs is 1. The smallest absolute Gasteiger partial charge is 0.338 e. The predicted molar refractivity (Wildman–Crippen MR) is 100 cm³/mol. The summed E-state index contributed by atoms with van der Waals surface area (Å²) < 4.78 is 7.34. The van der Waals surface area contributed by atoms with E-state index in [4.69, 9.17) is 4.74 Å². The highest BCUT2D eigenvalue weighted by Crippen LogP contribution is 2.39. The van der Waals surface area contributed by atoms with Gasteiger partial charge in [0.15, 0.2) is 0 Å². The molecule has 1 aliphatic carbocycles. The first-order chi connectivity index (χ1) is 13.0. The van der Waals surface area contributed by atoms with Gasteiger partial charge in [0.1, 0.15) is 5.65 Å².